The molecule has 1 heterocycles. The molecule has 1 aliphatic rings. The number of nitrogens with zero attached hydrogens (tertiary/aromatic N) is 2. The second-order valence-electron chi connectivity index (χ2n) is 6.01. The lowest BCUT2D eigenvalue weighted by molar-refractivity contribution is 0.0928. The maximum atomic E-state index is 13.9. The van der Waals surface area contributed by atoms with Gasteiger partial charge in [-0.1, -0.05) is 18.6 Å². The fraction of sp³-hybridized carbons (Fsp3) is 0.412. The Kier molecular flexibility index (Phi) is 4.43. The lowest BCUT2D eigenvalue weighted by Crippen LogP contribution is -2.40. The molecule has 1 saturated carbocycles. The summed E-state index contributed by atoms with van der Waals surface area (Å²) in [6.07, 6.45) is 4.58. The third-order valence-corrected chi connectivity index (χ3v) is 4.61. The fourth-order valence-corrected chi connectivity index (χ4v) is 3.25. The summed E-state index contributed by atoms with van der Waals surface area (Å²) in [5.74, 6) is -0.207. The summed E-state index contributed by atoms with van der Waals surface area (Å²) in [5.41, 5.74) is 7.18. The zero-order valence-corrected chi connectivity index (χ0v) is 13.1. The van der Waals surface area contributed by atoms with Gasteiger partial charge in [0.1, 0.15) is 11.5 Å². The standard InChI is InChI=1S/C17H21FN4O/c1-11-13(17(23)21-15-7-4-5-12(15)9-19)10-20-22(11)16-8-3-2-6-14(16)18/h2-3,6,8,10,12,15H,4-5,7,9,19H2,1H3,(H,21,23). The maximum Gasteiger partial charge on any atom is 0.254 e. The number of amides is 1. The number of hydrogen-bond acceptors (Lipinski definition) is 3. The van der Waals surface area contributed by atoms with Crippen LogP contribution < -0.4 is 11.1 Å². The van der Waals surface area contributed by atoms with E-state index in [-0.39, 0.29) is 17.8 Å². The van der Waals surface area contributed by atoms with Gasteiger partial charge in [0.15, 0.2) is 0 Å². The maximum absolute atomic E-state index is 13.9. The van der Waals surface area contributed by atoms with Crippen molar-refractivity contribution in [2.75, 3.05) is 6.54 Å². The average Bonchev–Trinajstić information content (AvgIpc) is 3.14. The first-order chi connectivity index (χ1) is 11.1. The van der Waals surface area contributed by atoms with E-state index in [4.69, 9.17) is 5.73 Å². The van der Waals surface area contributed by atoms with Crippen molar-refractivity contribution in [3.63, 3.8) is 0 Å². The average molecular weight is 316 g/mol. The summed E-state index contributed by atoms with van der Waals surface area (Å²) in [7, 11) is 0. The molecule has 3 N–H and O–H groups in total. The number of aromatic nitrogens is 2. The summed E-state index contributed by atoms with van der Waals surface area (Å²) in [5, 5.41) is 7.22. The molecule has 1 aromatic heterocycles. The predicted octanol–water partition coefficient (Wildman–Crippen LogP) is 2.18. The van der Waals surface area contributed by atoms with Crippen LogP contribution in [0.15, 0.2) is 30.5 Å². The summed E-state index contributed by atoms with van der Waals surface area (Å²) < 4.78 is 15.4. The molecule has 1 fully saturated rings. The van der Waals surface area contributed by atoms with Crippen molar-refractivity contribution >= 4 is 5.91 Å². The Hall–Kier alpha value is -2.21. The minimum absolute atomic E-state index is 0.115. The van der Waals surface area contributed by atoms with E-state index in [2.05, 4.69) is 10.4 Å². The molecular weight excluding hydrogens is 295 g/mol. The Morgan fingerprint density at radius 1 is 1.43 bits per heavy atom. The Morgan fingerprint density at radius 2 is 2.22 bits per heavy atom. The highest BCUT2D eigenvalue weighted by atomic mass is 19.1. The van der Waals surface area contributed by atoms with Crippen LogP contribution in [0.4, 0.5) is 4.39 Å². The highest BCUT2D eigenvalue weighted by Gasteiger charge is 2.28. The van der Waals surface area contributed by atoms with Gasteiger partial charge in [-0.25, -0.2) is 9.07 Å². The van der Waals surface area contributed by atoms with Gasteiger partial charge in [-0.3, -0.25) is 4.79 Å². The van der Waals surface area contributed by atoms with Gasteiger partial charge in [0.2, 0.25) is 0 Å². The second kappa shape index (κ2) is 6.50. The number of halogens is 1. The van der Waals surface area contributed by atoms with E-state index >= 15 is 0 Å². The monoisotopic (exact) mass is 316 g/mol. The van der Waals surface area contributed by atoms with Crippen LogP contribution in [-0.2, 0) is 0 Å². The molecule has 6 heteroatoms. The van der Waals surface area contributed by atoms with Crippen LogP contribution in [0.5, 0.6) is 0 Å². The van der Waals surface area contributed by atoms with Crippen molar-refractivity contribution in [3.05, 3.63) is 47.5 Å². The molecule has 0 bridgehead atoms. The zero-order chi connectivity index (χ0) is 16.4. The van der Waals surface area contributed by atoms with E-state index in [1.54, 1.807) is 25.1 Å². The molecule has 0 spiro atoms. The smallest absolute Gasteiger partial charge is 0.254 e. The van der Waals surface area contributed by atoms with E-state index < -0.39 is 0 Å². The Labute approximate surface area is 134 Å². The SMILES string of the molecule is Cc1c(C(=O)NC2CCCC2CN)cnn1-c1ccccc1F. The molecule has 2 unspecified atom stereocenters. The lowest BCUT2D eigenvalue weighted by Gasteiger charge is -2.19. The molecule has 0 saturated heterocycles. The number of para-hydroxylation sites is 1. The van der Waals surface area contributed by atoms with Crippen molar-refractivity contribution in [2.45, 2.75) is 32.2 Å². The molecule has 2 aromatic rings. The summed E-state index contributed by atoms with van der Waals surface area (Å²) in [6, 6.07) is 6.49. The summed E-state index contributed by atoms with van der Waals surface area (Å²) in [6.45, 7) is 2.35. The van der Waals surface area contributed by atoms with Gasteiger partial charge < -0.3 is 11.1 Å². The normalized spacial score (nSPS) is 20.7. The first-order valence-corrected chi connectivity index (χ1v) is 7.92. The molecule has 0 radical (unpaired) electrons. The lowest BCUT2D eigenvalue weighted by atomic mass is 10.0. The minimum Gasteiger partial charge on any atom is -0.349 e. The molecule has 1 aliphatic carbocycles. The number of carbonyl (C=O) groups excluding carboxylic acids is 1. The van der Waals surface area contributed by atoms with Crippen LogP contribution >= 0.6 is 0 Å². The number of nitrogens with one attached hydrogen (secondary N) is 1. The molecule has 2 atom stereocenters. The molecular formula is C17H21FN4O. The topological polar surface area (TPSA) is 72.9 Å². The number of nitrogens with two attached hydrogens (primary N) is 1. The minimum atomic E-state index is -0.371. The highest BCUT2D eigenvalue weighted by Crippen LogP contribution is 2.25. The third kappa shape index (κ3) is 2.99. The van der Waals surface area contributed by atoms with Crippen molar-refractivity contribution in [3.8, 4) is 5.69 Å². The van der Waals surface area contributed by atoms with Crippen molar-refractivity contribution < 1.29 is 9.18 Å². The summed E-state index contributed by atoms with van der Waals surface area (Å²) in [4.78, 5) is 12.5. The Balaban J connectivity index is 1.82. The van der Waals surface area contributed by atoms with Crippen LogP contribution in [0.1, 0.15) is 35.3 Å². The van der Waals surface area contributed by atoms with Crippen LogP contribution in [-0.4, -0.2) is 28.3 Å². The second-order valence-corrected chi connectivity index (χ2v) is 6.01. The summed E-state index contributed by atoms with van der Waals surface area (Å²) >= 11 is 0. The van der Waals surface area contributed by atoms with E-state index in [1.807, 2.05) is 0 Å². The van der Waals surface area contributed by atoms with Crippen molar-refractivity contribution in [1.29, 1.82) is 0 Å². The van der Waals surface area contributed by atoms with Gasteiger partial charge in [0.05, 0.1) is 17.5 Å². The first-order valence-electron chi connectivity index (χ1n) is 7.92. The molecule has 5 nitrogen and oxygen atoms in total. The molecule has 23 heavy (non-hydrogen) atoms. The van der Waals surface area contributed by atoms with Gasteiger partial charge in [-0.2, -0.15) is 5.10 Å². The number of hydrogen-bond donors (Lipinski definition) is 2. The largest absolute Gasteiger partial charge is 0.349 e. The van der Waals surface area contributed by atoms with Gasteiger partial charge in [-0.15, -0.1) is 0 Å². The molecule has 1 amide bonds. The van der Waals surface area contributed by atoms with E-state index in [9.17, 15) is 9.18 Å². The Morgan fingerprint density at radius 3 is 2.96 bits per heavy atom. The third-order valence-electron chi connectivity index (χ3n) is 4.61. The molecule has 122 valence electrons. The molecule has 1 aromatic carbocycles. The van der Waals surface area contributed by atoms with E-state index in [0.717, 1.165) is 19.3 Å². The van der Waals surface area contributed by atoms with Crippen LogP contribution in [0.25, 0.3) is 5.69 Å². The number of rotatable bonds is 4. The van der Waals surface area contributed by atoms with E-state index in [0.29, 0.717) is 29.4 Å². The van der Waals surface area contributed by atoms with Gasteiger partial charge in [-0.05, 0) is 44.4 Å². The highest BCUT2D eigenvalue weighted by molar-refractivity contribution is 5.95. The molecule has 3 rings (SSSR count). The fourth-order valence-electron chi connectivity index (χ4n) is 3.25. The van der Waals surface area contributed by atoms with Gasteiger partial charge >= 0.3 is 0 Å². The van der Waals surface area contributed by atoms with Gasteiger partial charge in [0.25, 0.3) is 5.91 Å². The Bertz CT molecular complexity index is 712. The van der Waals surface area contributed by atoms with E-state index in [1.165, 1.54) is 16.9 Å². The van der Waals surface area contributed by atoms with Gasteiger partial charge in [0, 0.05) is 6.04 Å². The number of carbonyl (C=O) groups is 1. The van der Waals surface area contributed by atoms with Crippen molar-refractivity contribution in [2.24, 2.45) is 11.7 Å². The number of benzene rings is 1. The quantitative estimate of drug-likeness (QED) is 0.908. The van der Waals surface area contributed by atoms with Crippen LogP contribution in [0.2, 0.25) is 0 Å². The zero-order valence-electron chi connectivity index (χ0n) is 13.1. The first kappa shape index (κ1) is 15.7. The van der Waals surface area contributed by atoms with Crippen LogP contribution in [0.3, 0.4) is 0 Å². The van der Waals surface area contributed by atoms with Crippen LogP contribution in [0, 0.1) is 18.7 Å². The molecule has 0 aliphatic heterocycles. The van der Waals surface area contributed by atoms with Crippen molar-refractivity contribution in [1.82, 2.24) is 15.1 Å². The predicted molar refractivity (Wildman–Crippen MR) is 85.9 cm³/mol.